The standard InChI is InChI=1S/C18H28O/c1-12(2)6-9-16-13(3)7-8-15-10-17(19)14(4)11-18(15,16)5/h10,13-14,16H,1,6-9,11H2,2-5H3/t13-,14-,16+,18+/m0/s1. The van der Waals surface area contributed by atoms with Crippen LogP contribution in [0, 0.1) is 23.2 Å². The van der Waals surface area contributed by atoms with Gasteiger partial charge >= 0.3 is 0 Å². The molecule has 4 atom stereocenters. The molecular weight excluding hydrogens is 232 g/mol. The van der Waals surface area contributed by atoms with E-state index in [9.17, 15) is 4.79 Å². The van der Waals surface area contributed by atoms with Crippen molar-refractivity contribution in [3.63, 3.8) is 0 Å². The predicted octanol–water partition coefficient (Wildman–Crippen LogP) is 4.93. The molecule has 0 heterocycles. The summed E-state index contributed by atoms with van der Waals surface area (Å²) in [6, 6.07) is 0. The number of carbonyl (C=O) groups is 1. The van der Waals surface area contributed by atoms with Gasteiger partial charge in [0, 0.05) is 5.92 Å². The van der Waals surface area contributed by atoms with E-state index in [0.717, 1.165) is 25.2 Å². The van der Waals surface area contributed by atoms with Crippen LogP contribution < -0.4 is 0 Å². The first kappa shape index (κ1) is 14.6. The third-order valence-electron chi connectivity index (χ3n) is 5.52. The molecule has 0 aromatic carbocycles. The van der Waals surface area contributed by atoms with E-state index in [1.165, 1.54) is 24.0 Å². The fourth-order valence-corrected chi connectivity index (χ4v) is 4.31. The van der Waals surface area contributed by atoms with Crippen LogP contribution >= 0.6 is 0 Å². The van der Waals surface area contributed by atoms with Gasteiger partial charge in [-0.1, -0.05) is 31.9 Å². The molecule has 0 unspecified atom stereocenters. The number of carbonyl (C=O) groups excluding carboxylic acids is 1. The third-order valence-corrected chi connectivity index (χ3v) is 5.52. The molecule has 0 amide bonds. The summed E-state index contributed by atoms with van der Waals surface area (Å²) in [7, 11) is 0. The molecule has 1 fully saturated rings. The fourth-order valence-electron chi connectivity index (χ4n) is 4.31. The Morgan fingerprint density at radius 1 is 1.47 bits per heavy atom. The molecule has 0 radical (unpaired) electrons. The smallest absolute Gasteiger partial charge is 0.158 e. The molecule has 2 rings (SSSR count). The number of hydrogen-bond acceptors (Lipinski definition) is 1. The quantitative estimate of drug-likeness (QED) is 0.657. The lowest BCUT2D eigenvalue weighted by atomic mass is 9.54. The van der Waals surface area contributed by atoms with Gasteiger partial charge in [0.2, 0.25) is 0 Å². The highest BCUT2D eigenvalue weighted by atomic mass is 16.1. The minimum atomic E-state index is 0.200. The van der Waals surface area contributed by atoms with Gasteiger partial charge in [0.15, 0.2) is 5.78 Å². The molecule has 0 aromatic heterocycles. The van der Waals surface area contributed by atoms with E-state index in [2.05, 4.69) is 34.3 Å². The molecule has 2 aliphatic rings. The van der Waals surface area contributed by atoms with Gasteiger partial charge in [-0.3, -0.25) is 4.79 Å². The Morgan fingerprint density at radius 3 is 2.79 bits per heavy atom. The molecule has 0 aliphatic heterocycles. The minimum absolute atomic E-state index is 0.200. The second-order valence-corrected chi connectivity index (χ2v) is 7.21. The maximum absolute atomic E-state index is 12.0. The molecule has 0 bridgehead atoms. The lowest BCUT2D eigenvalue weighted by molar-refractivity contribution is -0.120. The maximum atomic E-state index is 12.0. The van der Waals surface area contributed by atoms with Gasteiger partial charge in [0.1, 0.15) is 0 Å². The number of rotatable bonds is 3. The Balaban J connectivity index is 2.27. The minimum Gasteiger partial charge on any atom is -0.295 e. The summed E-state index contributed by atoms with van der Waals surface area (Å²) in [5.74, 6) is 2.02. The number of ketones is 1. The first-order valence-electron chi connectivity index (χ1n) is 7.74. The molecular formula is C18H28O. The molecule has 19 heavy (non-hydrogen) atoms. The van der Waals surface area contributed by atoms with E-state index in [4.69, 9.17) is 0 Å². The molecule has 0 spiro atoms. The summed E-state index contributed by atoms with van der Waals surface area (Å²) in [5, 5.41) is 0. The Morgan fingerprint density at radius 2 is 2.16 bits per heavy atom. The molecule has 0 saturated heterocycles. The topological polar surface area (TPSA) is 17.1 Å². The van der Waals surface area contributed by atoms with Crippen molar-refractivity contribution in [3.05, 3.63) is 23.8 Å². The fraction of sp³-hybridized carbons (Fsp3) is 0.722. The largest absolute Gasteiger partial charge is 0.295 e. The van der Waals surface area contributed by atoms with Gasteiger partial charge < -0.3 is 0 Å². The van der Waals surface area contributed by atoms with E-state index in [1.54, 1.807) is 0 Å². The van der Waals surface area contributed by atoms with E-state index in [-0.39, 0.29) is 11.3 Å². The Hall–Kier alpha value is -0.850. The van der Waals surface area contributed by atoms with Crippen LogP contribution in [-0.4, -0.2) is 5.78 Å². The summed E-state index contributed by atoms with van der Waals surface area (Å²) in [5.41, 5.74) is 2.97. The van der Waals surface area contributed by atoms with Crippen molar-refractivity contribution >= 4 is 5.78 Å². The van der Waals surface area contributed by atoms with Crippen LogP contribution in [0.15, 0.2) is 23.8 Å². The maximum Gasteiger partial charge on any atom is 0.158 e. The van der Waals surface area contributed by atoms with Gasteiger partial charge in [0.05, 0.1) is 0 Å². The number of hydrogen-bond donors (Lipinski definition) is 0. The molecule has 1 saturated carbocycles. The normalized spacial score (nSPS) is 38.6. The summed E-state index contributed by atoms with van der Waals surface area (Å²) >= 11 is 0. The second kappa shape index (κ2) is 5.26. The molecule has 2 aliphatic carbocycles. The van der Waals surface area contributed by atoms with E-state index >= 15 is 0 Å². The monoisotopic (exact) mass is 260 g/mol. The summed E-state index contributed by atoms with van der Waals surface area (Å²) in [6.45, 7) is 13.1. The van der Waals surface area contributed by atoms with Crippen LogP contribution in [-0.2, 0) is 4.79 Å². The summed E-state index contributed by atoms with van der Waals surface area (Å²) in [6.07, 6.45) is 7.74. The zero-order valence-corrected chi connectivity index (χ0v) is 13.0. The number of allylic oxidation sites excluding steroid dienone is 3. The highest BCUT2D eigenvalue weighted by Crippen LogP contribution is 2.55. The lowest BCUT2D eigenvalue weighted by Crippen LogP contribution is -2.42. The van der Waals surface area contributed by atoms with Gasteiger partial charge in [-0.25, -0.2) is 0 Å². The van der Waals surface area contributed by atoms with E-state index in [0.29, 0.717) is 11.7 Å². The molecule has 0 N–H and O–H groups in total. The average molecular weight is 260 g/mol. The molecule has 106 valence electrons. The van der Waals surface area contributed by atoms with Crippen molar-refractivity contribution in [1.29, 1.82) is 0 Å². The van der Waals surface area contributed by atoms with Crippen molar-refractivity contribution in [2.45, 2.75) is 59.8 Å². The Labute approximate surface area is 118 Å². The van der Waals surface area contributed by atoms with Crippen molar-refractivity contribution in [2.24, 2.45) is 23.2 Å². The highest BCUT2D eigenvalue weighted by molar-refractivity contribution is 5.93. The molecule has 1 heteroatoms. The number of fused-ring (bicyclic) bond motifs is 1. The second-order valence-electron chi connectivity index (χ2n) is 7.21. The highest BCUT2D eigenvalue weighted by Gasteiger charge is 2.46. The van der Waals surface area contributed by atoms with Gasteiger partial charge in [-0.05, 0) is 62.4 Å². The molecule has 0 aromatic rings. The predicted molar refractivity (Wildman–Crippen MR) is 80.9 cm³/mol. The van der Waals surface area contributed by atoms with E-state index in [1.807, 2.05) is 6.08 Å². The molecule has 1 nitrogen and oxygen atoms in total. The van der Waals surface area contributed by atoms with Crippen LogP contribution in [0.5, 0.6) is 0 Å². The Bertz CT molecular complexity index is 417. The van der Waals surface area contributed by atoms with Crippen LogP contribution in [0.4, 0.5) is 0 Å². The lowest BCUT2D eigenvalue weighted by Gasteiger charge is -2.50. The summed E-state index contributed by atoms with van der Waals surface area (Å²) < 4.78 is 0. The van der Waals surface area contributed by atoms with Gasteiger partial charge in [-0.2, -0.15) is 0 Å². The van der Waals surface area contributed by atoms with Crippen molar-refractivity contribution in [1.82, 2.24) is 0 Å². The van der Waals surface area contributed by atoms with Gasteiger partial charge in [-0.15, -0.1) is 6.58 Å². The van der Waals surface area contributed by atoms with Crippen LogP contribution in [0.2, 0.25) is 0 Å². The zero-order chi connectivity index (χ0) is 14.2. The average Bonchev–Trinajstić information content (AvgIpc) is 2.30. The first-order valence-corrected chi connectivity index (χ1v) is 7.74. The first-order chi connectivity index (χ1) is 8.84. The van der Waals surface area contributed by atoms with Crippen molar-refractivity contribution in [2.75, 3.05) is 0 Å². The Kier molecular flexibility index (Phi) is 4.03. The SMILES string of the molecule is C=C(C)CC[C@@H]1[C@@H](C)CCC2=CC(=O)[C@@H](C)C[C@]21C. The van der Waals surface area contributed by atoms with Crippen molar-refractivity contribution < 1.29 is 4.79 Å². The van der Waals surface area contributed by atoms with Gasteiger partial charge in [0.25, 0.3) is 0 Å². The van der Waals surface area contributed by atoms with Crippen molar-refractivity contribution in [3.8, 4) is 0 Å². The summed E-state index contributed by atoms with van der Waals surface area (Å²) in [4.78, 5) is 12.0. The van der Waals surface area contributed by atoms with E-state index < -0.39 is 0 Å². The van der Waals surface area contributed by atoms with Crippen LogP contribution in [0.1, 0.15) is 59.8 Å². The third kappa shape index (κ3) is 2.70. The van der Waals surface area contributed by atoms with Crippen LogP contribution in [0.3, 0.4) is 0 Å². The van der Waals surface area contributed by atoms with Crippen LogP contribution in [0.25, 0.3) is 0 Å². The zero-order valence-electron chi connectivity index (χ0n) is 13.0.